The third-order valence-electron chi connectivity index (χ3n) is 3.88. The summed E-state index contributed by atoms with van der Waals surface area (Å²) in [5.41, 5.74) is 6.00. The van der Waals surface area contributed by atoms with E-state index in [2.05, 4.69) is 4.90 Å². The Morgan fingerprint density at radius 1 is 1.12 bits per heavy atom. The van der Waals surface area contributed by atoms with E-state index < -0.39 is 12.1 Å². The first-order valence-corrected chi connectivity index (χ1v) is 6.50. The van der Waals surface area contributed by atoms with E-state index in [0.29, 0.717) is 13.1 Å². The SMILES string of the molecule is N[C@@H](CC1CC1)CN1CCC(C(F)(F)F)CC1. The Bertz CT molecular complexity index is 243. The standard InChI is InChI=1S/C12H21F3N2/c13-12(14,15)10-3-5-17(6-4-10)8-11(16)7-9-1-2-9/h9-11H,1-8,16H2/t11-/m0/s1. The normalized spacial score (nSPS) is 26.1. The summed E-state index contributed by atoms with van der Waals surface area (Å²) in [6.45, 7) is 1.85. The van der Waals surface area contributed by atoms with Crippen LogP contribution in [0.4, 0.5) is 13.2 Å². The summed E-state index contributed by atoms with van der Waals surface area (Å²) in [6.07, 6.45) is 0.0639. The number of piperidine rings is 1. The fourth-order valence-corrected chi connectivity index (χ4v) is 2.63. The Balaban J connectivity index is 1.67. The molecule has 0 amide bonds. The van der Waals surface area contributed by atoms with Crippen molar-refractivity contribution in [1.82, 2.24) is 4.90 Å². The van der Waals surface area contributed by atoms with E-state index in [1.807, 2.05) is 0 Å². The van der Waals surface area contributed by atoms with E-state index >= 15 is 0 Å². The van der Waals surface area contributed by atoms with Gasteiger partial charge in [-0.25, -0.2) is 0 Å². The summed E-state index contributed by atoms with van der Waals surface area (Å²) in [5, 5.41) is 0. The van der Waals surface area contributed by atoms with Gasteiger partial charge in [0.25, 0.3) is 0 Å². The second kappa shape index (κ2) is 5.14. The van der Waals surface area contributed by atoms with Gasteiger partial charge in [-0.3, -0.25) is 0 Å². The Hall–Kier alpha value is -0.290. The number of rotatable bonds is 4. The summed E-state index contributed by atoms with van der Waals surface area (Å²) in [6, 6.07) is 0.143. The molecule has 0 spiro atoms. The van der Waals surface area contributed by atoms with Crippen LogP contribution in [0.15, 0.2) is 0 Å². The molecule has 0 bridgehead atoms. The molecule has 2 rings (SSSR count). The van der Waals surface area contributed by atoms with Gasteiger partial charge in [-0.05, 0) is 38.3 Å². The zero-order valence-corrected chi connectivity index (χ0v) is 10.0. The molecule has 0 aromatic heterocycles. The minimum atomic E-state index is -4.01. The molecule has 1 saturated heterocycles. The third-order valence-corrected chi connectivity index (χ3v) is 3.88. The van der Waals surface area contributed by atoms with Gasteiger partial charge in [-0.1, -0.05) is 12.8 Å². The quantitative estimate of drug-likeness (QED) is 0.830. The lowest BCUT2D eigenvalue weighted by molar-refractivity contribution is -0.185. The molecule has 1 atom stereocenters. The maximum atomic E-state index is 12.5. The highest BCUT2D eigenvalue weighted by Crippen LogP contribution is 2.35. The third kappa shape index (κ3) is 4.14. The van der Waals surface area contributed by atoms with Gasteiger partial charge in [0.15, 0.2) is 0 Å². The molecule has 100 valence electrons. The van der Waals surface area contributed by atoms with Crippen molar-refractivity contribution in [2.45, 2.75) is 44.3 Å². The summed E-state index contributed by atoms with van der Waals surface area (Å²) < 4.78 is 37.4. The molecule has 0 unspecified atom stereocenters. The van der Waals surface area contributed by atoms with Gasteiger partial charge < -0.3 is 10.6 Å². The molecule has 1 heterocycles. The molecule has 5 heteroatoms. The van der Waals surface area contributed by atoms with E-state index in [9.17, 15) is 13.2 Å². The predicted molar refractivity (Wildman–Crippen MR) is 60.5 cm³/mol. The van der Waals surface area contributed by atoms with Crippen LogP contribution in [0.5, 0.6) is 0 Å². The Morgan fingerprint density at radius 2 is 1.71 bits per heavy atom. The minimum Gasteiger partial charge on any atom is -0.327 e. The van der Waals surface area contributed by atoms with E-state index in [1.165, 1.54) is 12.8 Å². The van der Waals surface area contributed by atoms with Gasteiger partial charge in [0.1, 0.15) is 0 Å². The van der Waals surface area contributed by atoms with Crippen molar-refractivity contribution in [1.29, 1.82) is 0 Å². The van der Waals surface area contributed by atoms with Crippen LogP contribution < -0.4 is 5.73 Å². The molecule has 2 fully saturated rings. The summed E-state index contributed by atoms with van der Waals surface area (Å²) >= 11 is 0. The second-order valence-corrected chi connectivity index (χ2v) is 5.56. The van der Waals surface area contributed by atoms with Crippen molar-refractivity contribution in [3.8, 4) is 0 Å². The van der Waals surface area contributed by atoms with E-state index in [4.69, 9.17) is 5.73 Å². The van der Waals surface area contributed by atoms with Gasteiger partial charge >= 0.3 is 6.18 Å². The van der Waals surface area contributed by atoms with Gasteiger partial charge in [0.05, 0.1) is 5.92 Å². The molecule has 17 heavy (non-hydrogen) atoms. The van der Waals surface area contributed by atoms with Gasteiger partial charge in [0, 0.05) is 12.6 Å². The smallest absolute Gasteiger partial charge is 0.327 e. The molecular formula is C12H21F3N2. The predicted octanol–water partition coefficient (Wildman–Crippen LogP) is 2.39. The summed E-state index contributed by atoms with van der Waals surface area (Å²) in [5.74, 6) is -0.309. The number of hydrogen-bond donors (Lipinski definition) is 1. The number of hydrogen-bond acceptors (Lipinski definition) is 2. The zero-order valence-electron chi connectivity index (χ0n) is 10.0. The van der Waals surface area contributed by atoms with Crippen molar-refractivity contribution in [3.05, 3.63) is 0 Å². The minimum absolute atomic E-state index is 0.143. The van der Waals surface area contributed by atoms with E-state index in [-0.39, 0.29) is 18.9 Å². The molecule has 0 aromatic rings. The number of nitrogens with two attached hydrogens (primary N) is 1. The molecule has 0 aromatic carbocycles. The highest BCUT2D eigenvalue weighted by Gasteiger charge is 2.41. The summed E-state index contributed by atoms with van der Waals surface area (Å²) in [7, 11) is 0. The van der Waals surface area contributed by atoms with Crippen LogP contribution in [0.2, 0.25) is 0 Å². The Labute approximate surface area is 100 Å². The maximum absolute atomic E-state index is 12.5. The van der Waals surface area contributed by atoms with Crippen molar-refractivity contribution < 1.29 is 13.2 Å². The molecular weight excluding hydrogens is 229 g/mol. The first-order chi connectivity index (χ1) is 7.95. The largest absolute Gasteiger partial charge is 0.391 e. The number of alkyl halides is 3. The topological polar surface area (TPSA) is 29.3 Å². The molecule has 1 aliphatic heterocycles. The van der Waals surface area contributed by atoms with Crippen molar-refractivity contribution >= 4 is 0 Å². The lowest BCUT2D eigenvalue weighted by atomic mass is 9.96. The van der Waals surface area contributed by atoms with Crippen molar-refractivity contribution in [2.24, 2.45) is 17.6 Å². The maximum Gasteiger partial charge on any atom is 0.391 e. The number of nitrogens with zero attached hydrogens (tertiary/aromatic N) is 1. The molecule has 2 nitrogen and oxygen atoms in total. The monoisotopic (exact) mass is 250 g/mol. The van der Waals surface area contributed by atoms with Gasteiger partial charge in [-0.2, -0.15) is 13.2 Å². The lowest BCUT2D eigenvalue weighted by Crippen LogP contribution is -2.44. The Kier molecular flexibility index (Phi) is 3.98. The first kappa shape index (κ1) is 13.1. The summed E-state index contributed by atoms with van der Waals surface area (Å²) in [4.78, 5) is 2.09. The average Bonchev–Trinajstić information content (AvgIpc) is 3.01. The highest BCUT2D eigenvalue weighted by atomic mass is 19.4. The number of halogens is 3. The molecule has 1 aliphatic carbocycles. The van der Waals surface area contributed by atoms with E-state index in [1.54, 1.807) is 0 Å². The molecule has 2 N–H and O–H groups in total. The van der Waals surface area contributed by atoms with Gasteiger partial charge in [0.2, 0.25) is 0 Å². The molecule has 1 saturated carbocycles. The number of likely N-dealkylation sites (tertiary alicyclic amines) is 1. The van der Waals surface area contributed by atoms with Crippen LogP contribution >= 0.6 is 0 Å². The molecule has 0 radical (unpaired) electrons. The zero-order chi connectivity index (χ0) is 12.5. The fraction of sp³-hybridized carbons (Fsp3) is 1.00. The average molecular weight is 250 g/mol. The fourth-order valence-electron chi connectivity index (χ4n) is 2.63. The van der Waals surface area contributed by atoms with E-state index in [0.717, 1.165) is 18.9 Å². The highest BCUT2D eigenvalue weighted by molar-refractivity contribution is 4.83. The van der Waals surface area contributed by atoms with Crippen molar-refractivity contribution in [2.75, 3.05) is 19.6 Å². The van der Waals surface area contributed by atoms with Crippen LogP contribution in [0.25, 0.3) is 0 Å². The first-order valence-electron chi connectivity index (χ1n) is 6.50. The Morgan fingerprint density at radius 3 is 2.18 bits per heavy atom. The van der Waals surface area contributed by atoms with Crippen LogP contribution in [-0.4, -0.2) is 36.8 Å². The van der Waals surface area contributed by atoms with Crippen LogP contribution in [0.3, 0.4) is 0 Å². The second-order valence-electron chi connectivity index (χ2n) is 5.56. The van der Waals surface area contributed by atoms with Crippen LogP contribution in [0, 0.1) is 11.8 Å². The van der Waals surface area contributed by atoms with Crippen molar-refractivity contribution in [3.63, 3.8) is 0 Å². The molecule has 2 aliphatic rings. The lowest BCUT2D eigenvalue weighted by Gasteiger charge is -2.34. The van der Waals surface area contributed by atoms with Crippen LogP contribution in [0.1, 0.15) is 32.1 Å². The van der Waals surface area contributed by atoms with Gasteiger partial charge in [-0.15, -0.1) is 0 Å². The van der Waals surface area contributed by atoms with Crippen LogP contribution in [-0.2, 0) is 0 Å².